The molecule has 1 aromatic carbocycles. The van der Waals surface area contributed by atoms with Crippen molar-refractivity contribution in [3.8, 4) is 5.69 Å². The quantitative estimate of drug-likeness (QED) is 0.761. The summed E-state index contributed by atoms with van der Waals surface area (Å²) >= 11 is 0. The molecule has 2 aromatic rings. The molecule has 3 rings (SSSR count). The minimum atomic E-state index is -0.582. The summed E-state index contributed by atoms with van der Waals surface area (Å²) < 4.78 is 7.08. The molecule has 0 bridgehead atoms. The Hall–Kier alpha value is -1.99. The average Bonchev–Trinajstić information content (AvgIpc) is 3.22. The summed E-state index contributed by atoms with van der Waals surface area (Å²) in [6.45, 7) is 3.45. The number of benzene rings is 1. The highest BCUT2D eigenvalue weighted by molar-refractivity contribution is 5.39. The summed E-state index contributed by atoms with van der Waals surface area (Å²) in [6, 6.07) is 7.90. The van der Waals surface area contributed by atoms with Gasteiger partial charge in [0.2, 0.25) is 5.95 Å². The van der Waals surface area contributed by atoms with E-state index >= 15 is 0 Å². The summed E-state index contributed by atoms with van der Waals surface area (Å²) in [7, 11) is 0. The fourth-order valence-electron chi connectivity index (χ4n) is 2.08. The first-order valence-corrected chi connectivity index (χ1v) is 7.57. The number of rotatable bonds is 8. The Balaban J connectivity index is 1.52. The summed E-state index contributed by atoms with van der Waals surface area (Å²) in [5.74, 6) is 1.21. The number of aryl methyl sites for hydroxylation is 1. The highest BCUT2D eigenvalue weighted by Crippen LogP contribution is 2.28. The largest absolute Gasteiger partial charge is 0.389 e. The first-order valence-electron chi connectivity index (χ1n) is 7.57. The van der Waals surface area contributed by atoms with Gasteiger partial charge in [0.15, 0.2) is 0 Å². The van der Waals surface area contributed by atoms with Crippen LogP contribution in [-0.2, 0) is 4.74 Å². The van der Waals surface area contributed by atoms with E-state index in [4.69, 9.17) is 4.74 Å². The molecule has 1 aliphatic carbocycles. The molecule has 0 amide bonds. The Morgan fingerprint density at radius 1 is 1.36 bits per heavy atom. The van der Waals surface area contributed by atoms with E-state index in [2.05, 4.69) is 20.8 Å². The van der Waals surface area contributed by atoms with Gasteiger partial charge in [-0.1, -0.05) is 22.8 Å². The smallest absolute Gasteiger partial charge is 0.247 e. The minimum Gasteiger partial charge on any atom is -0.389 e. The van der Waals surface area contributed by atoms with Crippen LogP contribution in [0.2, 0.25) is 0 Å². The zero-order valence-electron chi connectivity index (χ0n) is 12.6. The summed E-state index contributed by atoms with van der Waals surface area (Å²) in [4.78, 5) is 0. The fourth-order valence-corrected chi connectivity index (χ4v) is 2.08. The van der Waals surface area contributed by atoms with Crippen LogP contribution < -0.4 is 5.32 Å². The third-order valence-electron chi connectivity index (χ3n) is 3.60. The summed E-state index contributed by atoms with van der Waals surface area (Å²) in [5.41, 5.74) is 2.05. The minimum absolute atomic E-state index is 0.329. The maximum absolute atomic E-state index is 9.91. The Labute approximate surface area is 129 Å². The average molecular weight is 303 g/mol. The van der Waals surface area contributed by atoms with Gasteiger partial charge >= 0.3 is 0 Å². The predicted molar refractivity (Wildman–Crippen MR) is 81.9 cm³/mol. The molecule has 7 nitrogen and oxygen atoms in total. The Bertz CT molecular complexity index is 594. The Kier molecular flexibility index (Phi) is 4.65. The van der Waals surface area contributed by atoms with Gasteiger partial charge in [-0.05, 0) is 48.2 Å². The van der Waals surface area contributed by atoms with Crippen LogP contribution in [0, 0.1) is 12.8 Å². The van der Waals surface area contributed by atoms with Gasteiger partial charge in [-0.2, -0.15) is 4.68 Å². The SMILES string of the molecule is Cc1ccc(-n2nnnc2NCC(O)COCC2CC2)cc1. The van der Waals surface area contributed by atoms with E-state index in [-0.39, 0.29) is 0 Å². The van der Waals surface area contributed by atoms with Crippen molar-refractivity contribution in [2.45, 2.75) is 25.9 Å². The van der Waals surface area contributed by atoms with Gasteiger partial charge in [0.1, 0.15) is 0 Å². The van der Waals surface area contributed by atoms with Crippen molar-refractivity contribution in [2.24, 2.45) is 5.92 Å². The molecular weight excluding hydrogens is 282 g/mol. The van der Waals surface area contributed by atoms with Gasteiger partial charge in [-0.15, -0.1) is 0 Å². The van der Waals surface area contributed by atoms with Crippen molar-refractivity contribution in [3.63, 3.8) is 0 Å². The maximum atomic E-state index is 9.91. The predicted octanol–water partition coefficient (Wildman–Crippen LogP) is 1.17. The molecule has 1 aliphatic rings. The zero-order valence-corrected chi connectivity index (χ0v) is 12.6. The van der Waals surface area contributed by atoms with Crippen molar-refractivity contribution in [1.29, 1.82) is 0 Å². The van der Waals surface area contributed by atoms with E-state index in [1.165, 1.54) is 18.4 Å². The van der Waals surface area contributed by atoms with Crippen LogP contribution in [0.1, 0.15) is 18.4 Å². The number of ether oxygens (including phenoxy) is 1. The molecule has 1 unspecified atom stereocenters. The van der Waals surface area contributed by atoms with E-state index < -0.39 is 6.10 Å². The second kappa shape index (κ2) is 6.85. The number of anilines is 1. The van der Waals surface area contributed by atoms with Gasteiger partial charge in [0.25, 0.3) is 0 Å². The molecule has 0 radical (unpaired) electrons. The number of hydrogen-bond donors (Lipinski definition) is 2. The number of aromatic nitrogens is 4. The lowest BCUT2D eigenvalue weighted by Gasteiger charge is -2.12. The van der Waals surface area contributed by atoms with Gasteiger partial charge in [0, 0.05) is 13.2 Å². The normalized spacial score (nSPS) is 15.7. The molecule has 2 N–H and O–H groups in total. The van der Waals surface area contributed by atoms with E-state index in [1.54, 1.807) is 4.68 Å². The molecule has 1 atom stereocenters. The van der Waals surface area contributed by atoms with Crippen LogP contribution in [0.25, 0.3) is 5.69 Å². The van der Waals surface area contributed by atoms with Crippen molar-refractivity contribution in [1.82, 2.24) is 20.2 Å². The maximum Gasteiger partial charge on any atom is 0.247 e. The number of aliphatic hydroxyl groups is 1. The second-order valence-corrected chi connectivity index (χ2v) is 5.77. The standard InChI is InChI=1S/C15H21N5O2/c1-11-2-6-13(7-3-11)20-15(17-18-19-20)16-8-14(21)10-22-9-12-4-5-12/h2-3,6-7,12,14,21H,4-5,8-10H2,1H3,(H,16,17,19). The van der Waals surface area contributed by atoms with E-state index in [9.17, 15) is 5.11 Å². The lowest BCUT2D eigenvalue weighted by atomic mass is 10.2. The molecule has 1 heterocycles. The molecule has 1 fully saturated rings. The van der Waals surface area contributed by atoms with Crippen molar-refractivity contribution < 1.29 is 9.84 Å². The van der Waals surface area contributed by atoms with Crippen molar-refractivity contribution >= 4 is 5.95 Å². The Morgan fingerprint density at radius 2 is 2.14 bits per heavy atom. The monoisotopic (exact) mass is 303 g/mol. The molecule has 22 heavy (non-hydrogen) atoms. The van der Waals surface area contributed by atoms with Gasteiger partial charge in [0.05, 0.1) is 18.4 Å². The van der Waals surface area contributed by atoms with E-state index in [0.717, 1.165) is 12.3 Å². The first-order chi connectivity index (χ1) is 10.7. The molecule has 7 heteroatoms. The number of tetrazole rings is 1. The summed E-state index contributed by atoms with van der Waals surface area (Å²) in [5, 5.41) is 24.6. The number of nitrogens with one attached hydrogen (secondary N) is 1. The van der Waals surface area contributed by atoms with Gasteiger partial charge < -0.3 is 15.2 Å². The third kappa shape index (κ3) is 4.02. The topological polar surface area (TPSA) is 85.1 Å². The van der Waals surface area contributed by atoms with Crippen LogP contribution in [-0.4, -0.2) is 51.2 Å². The Morgan fingerprint density at radius 3 is 2.86 bits per heavy atom. The van der Waals surface area contributed by atoms with Crippen LogP contribution in [0.15, 0.2) is 24.3 Å². The highest BCUT2D eigenvalue weighted by atomic mass is 16.5. The first kappa shape index (κ1) is 14.9. The second-order valence-electron chi connectivity index (χ2n) is 5.77. The number of aliphatic hydroxyl groups excluding tert-OH is 1. The van der Waals surface area contributed by atoms with Gasteiger partial charge in [-0.3, -0.25) is 0 Å². The van der Waals surface area contributed by atoms with Crippen LogP contribution >= 0.6 is 0 Å². The van der Waals surface area contributed by atoms with Crippen LogP contribution in [0.3, 0.4) is 0 Å². The molecular formula is C15H21N5O2. The molecule has 118 valence electrons. The number of hydrogen-bond acceptors (Lipinski definition) is 6. The molecule has 1 aromatic heterocycles. The highest BCUT2D eigenvalue weighted by Gasteiger charge is 2.21. The lowest BCUT2D eigenvalue weighted by Crippen LogP contribution is -2.26. The fraction of sp³-hybridized carbons (Fsp3) is 0.533. The third-order valence-corrected chi connectivity index (χ3v) is 3.60. The molecule has 1 saturated carbocycles. The van der Waals surface area contributed by atoms with Crippen LogP contribution in [0.4, 0.5) is 5.95 Å². The molecule has 0 saturated heterocycles. The molecule has 0 aliphatic heterocycles. The van der Waals surface area contributed by atoms with E-state index in [1.807, 2.05) is 31.2 Å². The van der Waals surface area contributed by atoms with Crippen molar-refractivity contribution in [3.05, 3.63) is 29.8 Å². The molecule has 0 spiro atoms. The zero-order chi connectivity index (χ0) is 15.4. The number of nitrogens with zero attached hydrogens (tertiary/aromatic N) is 4. The summed E-state index contributed by atoms with van der Waals surface area (Å²) in [6.07, 6.45) is 1.92. The van der Waals surface area contributed by atoms with E-state index in [0.29, 0.717) is 25.0 Å². The van der Waals surface area contributed by atoms with Gasteiger partial charge in [-0.25, -0.2) is 0 Å². The lowest BCUT2D eigenvalue weighted by molar-refractivity contribution is 0.0385. The van der Waals surface area contributed by atoms with Crippen LogP contribution in [0.5, 0.6) is 0 Å². The van der Waals surface area contributed by atoms with Crippen molar-refractivity contribution in [2.75, 3.05) is 25.1 Å².